The first-order chi connectivity index (χ1) is 11.8. The average molecular weight is 338 g/mol. The third-order valence-corrected chi connectivity index (χ3v) is 3.68. The zero-order valence-corrected chi connectivity index (χ0v) is 14.6. The molecule has 0 aliphatic carbocycles. The van der Waals surface area contributed by atoms with Crippen molar-refractivity contribution in [2.75, 3.05) is 11.9 Å². The quantitative estimate of drug-likeness (QED) is 0.617. The van der Waals surface area contributed by atoms with Gasteiger partial charge in [0.25, 0.3) is 0 Å². The van der Waals surface area contributed by atoms with Crippen molar-refractivity contribution in [1.82, 2.24) is 9.97 Å². The van der Waals surface area contributed by atoms with Crippen LogP contribution in [-0.4, -0.2) is 27.2 Å². The van der Waals surface area contributed by atoms with E-state index in [1.807, 2.05) is 45.0 Å². The lowest BCUT2D eigenvalue weighted by atomic mass is 10.1. The van der Waals surface area contributed by atoms with Gasteiger partial charge < -0.3 is 20.9 Å². The Labute approximate surface area is 146 Å². The maximum absolute atomic E-state index is 9.69. The highest BCUT2D eigenvalue weighted by Gasteiger charge is 2.15. The number of aromatic nitrogens is 2. The van der Waals surface area contributed by atoms with Crippen molar-refractivity contribution in [3.63, 3.8) is 0 Å². The second-order valence-electron chi connectivity index (χ2n) is 6.78. The molecule has 25 heavy (non-hydrogen) atoms. The van der Waals surface area contributed by atoms with Crippen LogP contribution in [0.15, 0.2) is 42.7 Å². The van der Waals surface area contributed by atoms with Gasteiger partial charge in [-0.05, 0) is 56.7 Å². The summed E-state index contributed by atoms with van der Waals surface area (Å²) in [5, 5.41) is 13.8. The normalized spacial score (nSPS) is 11.5. The molecule has 6 nitrogen and oxygen atoms in total. The van der Waals surface area contributed by atoms with Crippen LogP contribution >= 0.6 is 0 Å². The number of fused-ring (bicyclic) bond motifs is 1. The van der Waals surface area contributed by atoms with E-state index in [2.05, 4.69) is 15.3 Å². The van der Waals surface area contributed by atoms with Crippen molar-refractivity contribution in [2.45, 2.75) is 26.3 Å². The molecule has 0 radical (unpaired) electrons. The van der Waals surface area contributed by atoms with Crippen molar-refractivity contribution < 1.29 is 9.84 Å². The average Bonchev–Trinajstić information content (AvgIpc) is 2.56. The van der Waals surface area contributed by atoms with E-state index in [9.17, 15) is 5.11 Å². The van der Waals surface area contributed by atoms with Crippen LogP contribution < -0.4 is 15.8 Å². The number of hydrogen-bond acceptors (Lipinski definition) is 6. The molecule has 1 aromatic heterocycles. The molecule has 3 aromatic rings. The maximum atomic E-state index is 9.69. The van der Waals surface area contributed by atoms with Crippen LogP contribution in [0.5, 0.6) is 11.5 Å². The van der Waals surface area contributed by atoms with E-state index in [0.717, 1.165) is 22.2 Å². The second kappa shape index (κ2) is 6.57. The fraction of sp³-hybridized carbons (Fsp3) is 0.263. The highest BCUT2D eigenvalue weighted by atomic mass is 16.5. The molecule has 4 N–H and O–H groups in total. The first-order valence-corrected chi connectivity index (χ1v) is 8.05. The van der Waals surface area contributed by atoms with Crippen LogP contribution in [0.1, 0.15) is 19.4 Å². The zero-order valence-electron chi connectivity index (χ0n) is 14.6. The fourth-order valence-corrected chi connectivity index (χ4v) is 2.43. The number of hydrogen-bond donors (Lipinski definition) is 3. The number of rotatable bonds is 5. The van der Waals surface area contributed by atoms with E-state index in [4.69, 9.17) is 10.5 Å². The van der Waals surface area contributed by atoms with E-state index < -0.39 is 5.54 Å². The molecule has 2 aromatic carbocycles. The van der Waals surface area contributed by atoms with Gasteiger partial charge in [0.1, 0.15) is 30.3 Å². The van der Waals surface area contributed by atoms with Gasteiger partial charge in [0, 0.05) is 11.2 Å². The molecular formula is C19H22N4O2. The van der Waals surface area contributed by atoms with E-state index in [1.165, 1.54) is 6.33 Å². The number of nitrogens with zero attached hydrogens (tertiary/aromatic N) is 2. The monoisotopic (exact) mass is 338 g/mol. The van der Waals surface area contributed by atoms with Gasteiger partial charge in [-0.25, -0.2) is 9.97 Å². The van der Waals surface area contributed by atoms with Gasteiger partial charge in [-0.2, -0.15) is 0 Å². The Hall–Kier alpha value is -2.86. The first kappa shape index (κ1) is 17.0. The summed E-state index contributed by atoms with van der Waals surface area (Å²) in [4.78, 5) is 8.68. The summed E-state index contributed by atoms with van der Waals surface area (Å²) in [7, 11) is 0. The largest absolute Gasteiger partial charge is 0.508 e. The van der Waals surface area contributed by atoms with Gasteiger partial charge in [0.2, 0.25) is 0 Å². The highest BCUT2D eigenvalue weighted by Crippen LogP contribution is 2.32. The van der Waals surface area contributed by atoms with Crippen LogP contribution in [0.3, 0.4) is 0 Å². The lowest BCUT2D eigenvalue weighted by molar-refractivity contribution is 0.246. The molecule has 0 amide bonds. The lowest BCUT2D eigenvalue weighted by Crippen LogP contribution is -2.38. The Bertz CT molecular complexity index is 898. The lowest BCUT2D eigenvalue weighted by Gasteiger charge is -2.20. The first-order valence-electron chi connectivity index (χ1n) is 8.05. The number of benzene rings is 2. The van der Waals surface area contributed by atoms with Crippen LogP contribution in [-0.2, 0) is 0 Å². The Morgan fingerprint density at radius 3 is 2.72 bits per heavy atom. The van der Waals surface area contributed by atoms with Gasteiger partial charge >= 0.3 is 0 Å². The molecule has 0 atom stereocenters. The van der Waals surface area contributed by atoms with Gasteiger partial charge in [-0.1, -0.05) is 6.07 Å². The molecule has 0 saturated carbocycles. The molecule has 0 spiro atoms. The summed E-state index contributed by atoms with van der Waals surface area (Å²) in [5.41, 5.74) is 7.96. The van der Waals surface area contributed by atoms with Crippen molar-refractivity contribution in [3.05, 3.63) is 48.3 Å². The Morgan fingerprint density at radius 1 is 1.20 bits per heavy atom. The van der Waals surface area contributed by atoms with E-state index in [-0.39, 0.29) is 5.75 Å². The van der Waals surface area contributed by atoms with Gasteiger partial charge in [0.05, 0.1) is 10.9 Å². The van der Waals surface area contributed by atoms with Gasteiger partial charge in [-0.3, -0.25) is 0 Å². The Kier molecular flexibility index (Phi) is 4.46. The smallest absolute Gasteiger partial charge is 0.145 e. The predicted molar refractivity (Wildman–Crippen MR) is 99.4 cm³/mol. The zero-order chi connectivity index (χ0) is 18.0. The molecule has 130 valence electrons. The number of phenolic OH excluding ortho intramolecular Hbond substituents is 1. The summed E-state index contributed by atoms with van der Waals surface area (Å²) in [5.74, 6) is 1.57. The van der Waals surface area contributed by atoms with Gasteiger partial charge in [0.15, 0.2) is 0 Å². The summed E-state index contributed by atoms with van der Waals surface area (Å²) < 4.78 is 5.92. The molecule has 0 saturated heterocycles. The number of ether oxygens (including phenoxy) is 1. The SMILES string of the molecule is Cc1cc(Nc2ncnc3cccc(OCC(C)(C)N)c23)ccc1O. The topological polar surface area (TPSA) is 93.3 Å². The number of phenols is 1. The predicted octanol–water partition coefficient (Wildman–Crippen LogP) is 3.50. The molecule has 3 rings (SSSR count). The minimum absolute atomic E-state index is 0.257. The van der Waals surface area contributed by atoms with E-state index in [1.54, 1.807) is 12.1 Å². The van der Waals surface area contributed by atoms with Crippen LogP contribution in [0, 0.1) is 6.92 Å². The minimum atomic E-state index is -0.445. The number of nitrogens with two attached hydrogens (primary N) is 1. The van der Waals surface area contributed by atoms with Crippen LogP contribution in [0.25, 0.3) is 10.9 Å². The van der Waals surface area contributed by atoms with Crippen LogP contribution in [0.2, 0.25) is 0 Å². The summed E-state index contributed by atoms with van der Waals surface area (Å²) in [6, 6.07) is 11.0. The summed E-state index contributed by atoms with van der Waals surface area (Å²) in [6.45, 7) is 6.04. The molecule has 0 unspecified atom stereocenters. The van der Waals surface area contributed by atoms with E-state index in [0.29, 0.717) is 18.2 Å². The standard InChI is InChI=1S/C19H22N4O2/c1-12-9-13(7-8-15(12)24)23-18-17-14(21-11-22-18)5-4-6-16(17)25-10-19(2,3)20/h4-9,11,24H,10,20H2,1-3H3,(H,21,22,23). The molecule has 1 heterocycles. The number of anilines is 2. The molecule has 6 heteroatoms. The molecular weight excluding hydrogens is 316 g/mol. The number of aryl methyl sites for hydroxylation is 1. The third kappa shape index (κ3) is 3.97. The van der Waals surface area contributed by atoms with Crippen molar-refractivity contribution in [1.29, 1.82) is 0 Å². The molecule has 0 bridgehead atoms. The summed E-state index contributed by atoms with van der Waals surface area (Å²) >= 11 is 0. The third-order valence-electron chi connectivity index (χ3n) is 3.68. The highest BCUT2D eigenvalue weighted by molar-refractivity contribution is 5.95. The van der Waals surface area contributed by atoms with Crippen LogP contribution in [0.4, 0.5) is 11.5 Å². The fourth-order valence-electron chi connectivity index (χ4n) is 2.43. The minimum Gasteiger partial charge on any atom is -0.508 e. The number of nitrogens with one attached hydrogen (secondary N) is 1. The molecule has 0 aliphatic rings. The van der Waals surface area contributed by atoms with E-state index >= 15 is 0 Å². The van der Waals surface area contributed by atoms with Crippen molar-refractivity contribution in [3.8, 4) is 11.5 Å². The van der Waals surface area contributed by atoms with Crippen molar-refractivity contribution in [2.24, 2.45) is 5.73 Å². The molecule has 0 fully saturated rings. The Morgan fingerprint density at radius 2 is 2.00 bits per heavy atom. The summed E-state index contributed by atoms with van der Waals surface area (Å²) in [6.07, 6.45) is 1.51. The maximum Gasteiger partial charge on any atom is 0.145 e. The Balaban J connectivity index is 2.01. The van der Waals surface area contributed by atoms with Crippen molar-refractivity contribution >= 4 is 22.4 Å². The molecule has 0 aliphatic heterocycles. The van der Waals surface area contributed by atoms with Gasteiger partial charge in [-0.15, -0.1) is 0 Å². The number of aromatic hydroxyl groups is 1. The second-order valence-corrected chi connectivity index (χ2v) is 6.78.